The fourth-order valence-corrected chi connectivity index (χ4v) is 4.92. The van der Waals surface area contributed by atoms with E-state index in [1.54, 1.807) is 26.2 Å². The number of aromatic nitrogens is 4. The van der Waals surface area contributed by atoms with Crippen LogP contribution in [0.3, 0.4) is 0 Å². The molecule has 47 heavy (non-hydrogen) atoms. The molecule has 0 saturated heterocycles. The van der Waals surface area contributed by atoms with E-state index in [1.807, 2.05) is 36.4 Å². The number of nitrogens with zero attached hydrogens (tertiary/aromatic N) is 3. The zero-order chi connectivity index (χ0) is 34.2. The van der Waals surface area contributed by atoms with Gasteiger partial charge in [0.15, 0.2) is 0 Å². The van der Waals surface area contributed by atoms with Gasteiger partial charge in [-0.15, -0.1) is 0 Å². The molecule has 0 bridgehead atoms. The van der Waals surface area contributed by atoms with Crippen LogP contribution in [0, 0.1) is 25.7 Å². The SMILES string of the molecule is Cc1cn(Cc2ccc(C#CCCCCO)cc2)c(=O)n(C)c1=O.Cc1cn(Cc2ccc(CCCCCCO)cc2)c(=O)[nH]c1=O. The van der Waals surface area contributed by atoms with Gasteiger partial charge in [0.1, 0.15) is 0 Å². The molecule has 0 fully saturated rings. The molecule has 4 aromatic rings. The molecule has 10 nitrogen and oxygen atoms in total. The Morgan fingerprint density at radius 2 is 1.23 bits per heavy atom. The molecular weight excluding hydrogens is 596 g/mol. The van der Waals surface area contributed by atoms with Gasteiger partial charge in [-0.05, 0) is 74.8 Å². The first-order valence-corrected chi connectivity index (χ1v) is 16.1. The van der Waals surface area contributed by atoms with E-state index >= 15 is 0 Å². The van der Waals surface area contributed by atoms with Crippen LogP contribution in [0.25, 0.3) is 0 Å². The zero-order valence-electron chi connectivity index (χ0n) is 27.6. The molecule has 2 aromatic heterocycles. The molecule has 0 spiro atoms. The second kappa shape index (κ2) is 19.1. The van der Waals surface area contributed by atoms with Crippen molar-refractivity contribution in [1.82, 2.24) is 18.7 Å². The van der Waals surface area contributed by atoms with E-state index in [9.17, 15) is 19.2 Å². The molecule has 2 heterocycles. The molecule has 0 radical (unpaired) electrons. The van der Waals surface area contributed by atoms with Crippen LogP contribution in [0.5, 0.6) is 0 Å². The number of aromatic amines is 1. The third-order valence-electron chi connectivity index (χ3n) is 7.71. The number of nitrogens with one attached hydrogen (secondary N) is 1. The summed E-state index contributed by atoms with van der Waals surface area (Å²) in [5.74, 6) is 6.17. The molecular formula is C37H46N4O6. The Bertz CT molecular complexity index is 1870. The van der Waals surface area contributed by atoms with Crippen molar-refractivity contribution in [2.45, 2.75) is 78.3 Å². The largest absolute Gasteiger partial charge is 0.396 e. The van der Waals surface area contributed by atoms with Crippen molar-refractivity contribution in [2.75, 3.05) is 13.2 Å². The molecule has 250 valence electrons. The minimum absolute atomic E-state index is 0.209. The third-order valence-corrected chi connectivity index (χ3v) is 7.71. The number of H-pyrrole nitrogens is 1. The Morgan fingerprint density at radius 3 is 1.89 bits per heavy atom. The molecule has 0 amide bonds. The van der Waals surface area contributed by atoms with Gasteiger partial charge >= 0.3 is 11.4 Å². The standard InChI is InChI=1S/C19H22N2O3.C18H24N2O3/c1-15-13-21(19(24)20(2)18(15)23)14-17-10-8-16(9-11-17)7-5-3-4-6-12-22;1-14-12-20(18(23)19-17(14)22)13-16-9-7-15(8-10-16)6-4-2-3-5-11-21/h8-11,13,22H,3-4,6,12,14H2,1-2H3;7-10,12,21H,2-6,11,13H2,1H3,(H,19,22,23). The Morgan fingerprint density at radius 1 is 0.681 bits per heavy atom. The summed E-state index contributed by atoms with van der Waals surface area (Å²) in [6.07, 6.45) is 10.9. The molecule has 0 aliphatic rings. The highest BCUT2D eigenvalue weighted by Crippen LogP contribution is 2.11. The summed E-state index contributed by atoms with van der Waals surface area (Å²) in [7, 11) is 1.49. The fourth-order valence-electron chi connectivity index (χ4n) is 4.92. The normalized spacial score (nSPS) is 10.6. The Labute approximate surface area is 275 Å². The number of hydrogen-bond acceptors (Lipinski definition) is 6. The molecule has 0 atom stereocenters. The van der Waals surface area contributed by atoms with Gasteiger partial charge in [0.2, 0.25) is 0 Å². The average Bonchev–Trinajstić information content (AvgIpc) is 3.06. The van der Waals surface area contributed by atoms with Crippen molar-refractivity contribution in [3.8, 4) is 11.8 Å². The molecule has 0 aliphatic carbocycles. The summed E-state index contributed by atoms with van der Waals surface area (Å²) in [6.45, 7) is 4.74. The summed E-state index contributed by atoms with van der Waals surface area (Å²) >= 11 is 0. The maximum Gasteiger partial charge on any atom is 0.331 e. The van der Waals surface area contributed by atoms with Crippen molar-refractivity contribution < 1.29 is 10.2 Å². The van der Waals surface area contributed by atoms with Gasteiger partial charge in [0.25, 0.3) is 11.1 Å². The number of hydrogen-bond donors (Lipinski definition) is 3. The van der Waals surface area contributed by atoms with Crippen LogP contribution < -0.4 is 22.5 Å². The van der Waals surface area contributed by atoms with Crippen LogP contribution in [0.1, 0.15) is 78.3 Å². The number of aliphatic hydroxyl groups is 2. The van der Waals surface area contributed by atoms with Crippen LogP contribution in [0.15, 0.2) is 80.1 Å². The van der Waals surface area contributed by atoms with Crippen LogP contribution in [0.4, 0.5) is 0 Å². The quantitative estimate of drug-likeness (QED) is 0.151. The van der Waals surface area contributed by atoms with Crippen molar-refractivity contribution in [2.24, 2.45) is 7.05 Å². The van der Waals surface area contributed by atoms with Gasteiger partial charge in [0.05, 0.1) is 13.1 Å². The van der Waals surface area contributed by atoms with Crippen LogP contribution in [-0.2, 0) is 26.6 Å². The van der Waals surface area contributed by atoms with Gasteiger partial charge in [-0.1, -0.05) is 61.1 Å². The summed E-state index contributed by atoms with van der Waals surface area (Å²) in [5, 5.41) is 17.5. The van der Waals surface area contributed by atoms with Gasteiger partial charge in [-0.3, -0.25) is 28.3 Å². The number of aliphatic hydroxyl groups excluding tert-OH is 2. The highest BCUT2D eigenvalue weighted by molar-refractivity contribution is 5.36. The van der Waals surface area contributed by atoms with Gasteiger partial charge in [-0.2, -0.15) is 0 Å². The highest BCUT2D eigenvalue weighted by atomic mass is 16.3. The summed E-state index contributed by atoms with van der Waals surface area (Å²) < 4.78 is 4.18. The third kappa shape index (κ3) is 11.9. The minimum atomic E-state index is -0.381. The lowest BCUT2D eigenvalue weighted by molar-refractivity contribution is 0.282. The first-order valence-electron chi connectivity index (χ1n) is 16.1. The Hall–Kier alpha value is -4.72. The summed E-state index contributed by atoms with van der Waals surface area (Å²) in [5.41, 5.74) is 3.99. The van der Waals surface area contributed by atoms with Gasteiger partial charge in [-0.25, -0.2) is 9.59 Å². The Kier molecular flexibility index (Phi) is 14.9. The smallest absolute Gasteiger partial charge is 0.331 e. The maximum atomic E-state index is 12.1. The molecule has 0 aliphatic heterocycles. The number of benzene rings is 2. The second-order valence-electron chi connectivity index (χ2n) is 11.7. The molecule has 4 rings (SSSR count). The monoisotopic (exact) mass is 642 g/mol. The van der Waals surface area contributed by atoms with Crippen molar-refractivity contribution >= 4 is 0 Å². The highest BCUT2D eigenvalue weighted by Gasteiger charge is 2.06. The molecule has 0 saturated carbocycles. The molecule has 3 N–H and O–H groups in total. The van der Waals surface area contributed by atoms with Crippen molar-refractivity contribution in [3.63, 3.8) is 0 Å². The number of unbranched alkanes of at least 4 members (excludes halogenated alkanes) is 5. The fraction of sp³-hybridized carbons (Fsp3) is 0.405. The first-order chi connectivity index (χ1) is 22.6. The average molecular weight is 643 g/mol. The minimum Gasteiger partial charge on any atom is -0.396 e. The van der Waals surface area contributed by atoms with E-state index in [2.05, 4.69) is 29.0 Å². The van der Waals surface area contributed by atoms with E-state index in [1.165, 1.54) is 21.7 Å². The van der Waals surface area contributed by atoms with Crippen LogP contribution >= 0.6 is 0 Å². The van der Waals surface area contributed by atoms with E-state index in [0.717, 1.165) is 72.6 Å². The molecule has 10 heteroatoms. The van der Waals surface area contributed by atoms with E-state index in [-0.39, 0.29) is 35.7 Å². The van der Waals surface area contributed by atoms with Gasteiger partial charge < -0.3 is 10.2 Å². The van der Waals surface area contributed by atoms with Crippen LogP contribution in [-0.4, -0.2) is 42.1 Å². The number of rotatable bonds is 13. The maximum absolute atomic E-state index is 12.1. The zero-order valence-corrected chi connectivity index (χ0v) is 27.6. The summed E-state index contributed by atoms with van der Waals surface area (Å²) in [4.78, 5) is 49.3. The van der Waals surface area contributed by atoms with Gasteiger partial charge in [0, 0.05) is 55.8 Å². The number of aryl methyl sites for hydroxylation is 3. The lowest BCUT2D eigenvalue weighted by Gasteiger charge is -2.09. The van der Waals surface area contributed by atoms with Crippen LogP contribution in [0.2, 0.25) is 0 Å². The first kappa shape index (κ1) is 36.7. The van der Waals surface area contributed by atoms with Crippen molar-refractivity contribution in [1.29, 1.82) is 0 Å². The lowest BCUT2D eigenvalue weighted by atomic mass is 10.0. The lowest BCUT2D eigenvalue weighted by Crippen LogP contribution is -2.38. The van der Waals surface area contributed by atoms with E-state index in [4.69, 9.17) is 10.2 Å². The second-order valence-corrected chi connectivity index (χ2v) is 11.7. The van der Waals surface area contributed by atoms with E-state index in [0.29, 0.717) is 24.2 Å². The predicted octanol–water partition coefficient (Wildman–Crippen LogP) is 3.41. The van der Waals surface area contributed by atoms with E-state index < -0.39 is 0 Å². The summed E-state index contributed by atoms with van der Waals surface area (Å²) in [6, 6.07) is 15.9. The molecule has 0 unspecified atom stereocenters. The Balaban J connectivity index is 0.000000256. The van der Waals surface area contributed by atoms with Crippen molar-refractivity contribution in [3.05, 3.63) is 136 Å². The topological polar surface area (TPSA) is 139 Å². The molecule has 2 aromatic carbocycles. The predicted molar refractivity (Wildman–Crippen MR) is 185 cm³/mol.